The molecule has 24 heavy (non-hydrogen) atoms. The molecule has 0 saturated carbocycles. The molecule has 3 nitrogen and oxygen atoms in total. The molecule has 0 aromatic heterocycles. The normalized spacial score (nSPS) is 10.6. The number of fused-ring (bicyclic) bond motifs is 1. The SMILES string of the molecule is O=C(COc1ccc2cc(Br)ccc2c1)NCc1ccc(Cl)cc1. The highest BCUT2D eigenvalue weighted by Crippen LogP contribution is 2.24. The average Bonchev–Trinajstić information content (AvgIpc) is 2.59. The molecule has 1 N–H and O–H groups in total. The van der Waals surface area contributed by atoms with Crippen LogP contribution in [0.4, 0.5) is 0 Å². The van der Waals surface area contributed by atoms with Gasteiger partial charge in [-0.25, -0.2) is 0 Å². The van der Waals surface area contributed by atoms with Crippen molar-refractivity contribution in [3.05, 3.63) is 75.7 Å². The Hall–Kier alpha value is -2.04. The number of amides is 1. The fraction of sp³-hybridized carbons (Fsp3) is 0.105. The summed E-state index contributed by atoms with van der Waals surface area (Å²) in [6.07, 6.45) is 0. The van der Waals surface area contributed by atoms with Gasteiger partial charge in [0.05, 0.1) is 0 Å². The van der Waals surface area contributed by atoms with Gasteiger partial charge in [0.25, 0.3) is 5.91 Å². The molecule has 0 heterocycles. The summed E-state index contributed by atoms with van der Waals surface area (Å²) in [6.45, 7) is 0.431. The maximum Gasteiger partial charge on any atom is 0.258 e. The van der Waals surface area contributed by atoms with Crippen molar-refractivity contribution in [2.24, 2.45) is 0 Å². The van der Waals surface area contributed by atoms with Crippen molar-refractivity contribution in [3.8, 4) is 5.75 Å². The molecule has 3 aromatic carbocycles. The number of carbonyl (C=O) groups is 1. The second-order valence-corrected chi connectivity index (χ2v) is 6.70. The number of carbonyl (C=O) groups excluding carboxylic acids is 1. The number of halogens is 2. The standard InChI is InChI=1S/C19H15BrClNO2/c20-16-5-3-15-10-18(8-4-14(15)9-16)24-12-19(23)22-11-13-1-6-17(21)7-2-13/h1-10H,11-12H2,(H,22,23). The van der Waals surface area contributed by atoms with Crippen molar-refractivity contribution in [3.63, 3.8) is 0 Å². The number of rotatable bonds is 5. The van der Waals surface area contributed by atoms with E-state index in [4.69, 9.17) is 16.3 Å². The molecule has 0 atom stereocenters. The van der Waals surface area contributed by atoms with Gasteiger partial charge >= 0.3 is 0 Å². The van der Waals surface area contributed by atoms with Crippen LogP contribution in [0, 0.1) is 0 Å². The number of hydrogen-bond acceptors (Lipinski definition) is 2. The summed E-state index contributed by atoms with van der Waals surface area (Å²) in [4.78, 5) is 11.9. The van der Waals surface area contributed by atoms with E-state index in [0.29, 0.717) is 17.3 Å². The Morgan fingerprint density at radius 3 is 2.50 bits per heavy atom. The highest BCUT2D eigenvalue weighted by molar-refractivity contribution is 9.10. The van der Waals surface area contributed by atoms with E-state index >= 15 is 0 Å². The van der Waals surface area contributed by atoms with Gasteiger partial charge in [-0.3, -0.25) is 4.79 Å². The van der Waals surface area contributed by atoms with E-state index < -0.39 is 0 Å². The summed E-state index contributed by atoms with van der Waals surface area (Å²) in [5.74, 6) is 0.507. The Balaban J connectivity index is 1.54. The molecule has 5 heteroatoms. The maximum absolute atomic E-state index is 11.9. The summed E-state index contributed by atoms with van der Waals surface area (Å²) in [6, 6.07) is 19.1. The van der Waals surface area contributed by atoms with Crippen molar-refractivity contribution in [1.29, 1.82) is 0 Å². The van der Waals surface area contributed by atoms with Crippen molar-refractivity contribution < 1.29 is 9.53 Å². The van der Waals surface area contributed by atoms with E-state index in [-0.39, 0.29) is 12.5 Å². The number of ether oxygens (including phenoxy) is 1. The second-order valence-electron chi connectivity index (χ2n) is 5.35. The zero-order chi connectivity index (χ0) is 16.9. The second kappa shape index (κ2) is 7.69. The van der Waals surface area contributed by atoms with Crippen LogP contribution in [0.5, 0.6) is 5.75 Å². The number of nitrogens with one attached hydrogen (secondary N) is 1. The molecule has 0 spiro atoms. The Bertz CT molecular complexity index is 865. The molecular weight excluding hydrogens is 390 g/mol. The van der Waals surface area contributed by atoms with Crippen LogP contribution in [0.3, 0.4) is 0 Å². The smallest absolute Gasteiger partial charge is 0.258 e. The quantitative estimate of drug-likeness (QED) is 0.653. The van der Waals surface area contributed by atoms with Gasteiger partial charge in [-0.2, -0.15) is 0 Å². The summed E-state index contributed by atoms with van der Waals surface area (Å²) in [7, 11) is 0. The minimum Gasteiger partial charge on any atom is -0.484 e. The van der Waals surface area contributed by atoms with Crippen molar-refractivity contribution in [1.82, 2.24) is 5.32 Å². The first-order valence-electron chi connectivity index (χ1n) is 7.43. The Morgan fingerprint density at radius 1 is 1.00 bits per heavy atom. The van der Waals surface area contributed by atoms with Crippen molar-refractivity contribution in [2.45, 2.75) is 6.54 Å². The number of benzene rings is 3. The van der Waals surface area contributed by atoms with E-state index in [1.165, 1.54) is 0 Å². The van der Waals surface area contributed by atoms with E-state index in [9.17, 15) is 4.79 Å². The first kappa shape index (κ1) is 16.8. The van der Waals surface area contributed by atoms with Gasteiger partial charge in [0.1, 0.15) is 5.75 Å². The van der Waals surface area contributed by atoms with Crippen LogP contribution in [0.25, 0.3) is 10.8 Å². The highest BCUT2D eigenvalue weighted by atomic mass is 79.9. The average molecular weight is 405 g/mol. The monoisotopic (exact) mass is 403 g/mol. The zero-order valence-electron chi connectivity index (χ0n) is 12.8. The van der Waals surface area contributed by atoms with Gasteiger partial charge < -0.3 is 10.1 Å². The molecule has 0 unspecified atom stereocenters. The third-order valence-electron chi connectivity index (χ3n) is 3.55. The molecule has 0 aliphatic heterocycles. The van der Waals surface area contributed by atoms with E-state index in [1.54, 1.807) is 12.1 Å². The van der Waals surface area contributed by atoms with Crippen LogP contribution in [0.15, 0.2) is 65.1 Å². The Morgan fingerprint density at radius 2 is 1.71 bits per heavy atom. The molecular formula is C19H15BrClNO2. The van der Waals surface area contributed by atoms with Gasteiger partial charge in [-0.15, -0.1) is 0 Å². The third kappa shape index (κ3) is 4.49. The molecule has 0 radical (unpaired) electrons. The van der Waals surface area contributed by atoms with Crippen LogP contribution < -0.4 is 10.1 Å². The van der Waals surface area contributed by atoms with Gasteiger partial charge in [0.2, 0.25) is 0 Å². The predicted molar refractivity (Wildman–Crippen MR) is 100 cm³/mol. The predicted octanol–water partition coefficient (Wildman–Crippen LogP) is 4.95. The molecule has 3 rings (SSSR count). The summed E-state index contributed by atoms with van der Waals surface area (Å²) in [5.41, 5.74) is 0.990. The van der Waals surface area contributed by atoms with Gasteiger partial charge in [-0.1, -0.05) is 51.8 Å². The van der Waals surface area contributed by atoms with E-state index in [1.807, 2.05) is 48.5 Å². The fourth-order valence-corrected chi connectivity index (χ4v) is 2.79. The molecule has 0 aliphatic rings. The fourth-order valence-electron chi connectivity index (χ4n) is 2.29. The Labute approximate surface area is 153 Å². The van der Waals surface area contributed by atoms with Crippen LogP contribution in [0.2, 0.25) is 5.02 Å². The number of hydrogen-bond donors (Lipinski definition) is 1. The topological polar surface area (TPSA) is 38.3 Å². The van der Waals surface area contributed by atoms with Crippen LogP contribution in [-0.4, -0.2) is 12.5 Å². The molecule has 0 aliphatic carbocycles. The minimum absolute atomic E-state index is 0.0182. The minimum atomic E-state index is -0.166. The molecule has 3 aromatic rings. The zero-order valence-corrected chi connectivity index (χ0v) is 15.1. The lowest BCUT2D eigenvalue weighted by Crippen LogP contribution is -2.28. The maximum atomic E-state index is 11.9. The Kier molecular flexibility index (Phi) is 5.38. The van der Waals surface area contributed by atoms with Crippen LogP contribution in [0.1, 0.15) is 5.56 Å². The lowest BCUT2D eigenvalue weighted by atomic mass is 10.1. The van der Waals surface area contributed by atoms with Gasteiger partial charge in [0.15, 0.2) is 6.61 Å². The van der Waals surface area contributed by atoms with Crippen LogP contribution in [-0.2, 0) is 11.3 Å². The summed E-state index contributed by atoms with van der Waals surface area (Å²) >= 11 is 9.28. The molecule has 1 amide bonds. The molecule has 0 saturated heterocycles. The first-order valence-corrected chi connectivity index (χ1v) is 8.60. The summed E-state index contributed by atoms with van der Waals surface area (Å²) < 4.78 is 6.60. The molecule has 0 fully saturated rings. The highest BCUT2D eigenvalue weighted by Gasteiger charge is 2.04. The van der Waals surface area contributed by atoms with E-state index in [2.05, 4.69) is 21.2 Å². The lowest BCUT2D eigenvalue weighted by Gasteiger charge is -2.09. The molecule has 0 bridgehead atoms. The lowest BCUT2D eigenvalue weighted by molar-refractivity contribution is -0.123. The van der Waals surface area contributed by atoms with Crippen molar-refractivity contribution >= 4 is 44.2 Å². The third-order valence-corrected chi connectivity index (χ3v) is 4.29. The molecule has 122 valence electrons. The largest absolute Gasteiger partial charge is 0.484 e. The van der Waals surface area contributed by atoms with Crippen LogP contribution >= 0.6 is 27.5 Å². The van der Waals surface area contributed by atoms with Gasteiger partial charge in [0, 0.05) is 16.0 Å². The van der Waals surface area contributed by atoms with Crippen molar-refractivity contribution in [2.75, 3.05) is 6.61 Å². The first-order chi connectivity index (χ1) is 11.6. The van der Waals surface area contributed by atoms with E-state index in [0.717, 1.165) is 20.8 Å². The van der Waals surface area contributed by atoms with Gasteiger partial charge in [-0.05, 0) is 52.7 Å². The summed E-state index contributed by atoms with van der Waals surface area (Å²) in [5, 5.41) is 5.68.